The smallest absolute Gasteiger partial charge is 0.410 e. The summed E-state index contributed by atoms with van der Waals surface area (Å²) in [5.74, 6) is -0.538. The van der Waals surface area contributed by atoms with Crippen molar-refractivity contribution in [2.75, 3.05) is 6.54 Å². The number of hydrogen-bond donors (Lipinski definition) is 1. The van der Waals surface area contributed by atoms with Crippen LogP contribution in [-0.2, 0) is 9.53 Å². The van der Waals surface area contributed by atoms with Gasteiger partial charge >= 0.3 is 6.09 Å². The lowest BCUT2D eigenvalue weighted by Gasteiger charge is -2.35. The molecule has 1 aliphatic heterocycles. The fourth-order valence-electron chi connectivity index (χ4n) is 2.94. The lowest BCUT2D eigenvalue weighted by Crippen LogP contribution is -2.43. The first-order chi connectivity index (χ1) is 13.4. The Morgan fingerprint density at radius 3 is 2.36 bits per heavy atom. The first kappa shape index (κ1) is 21.4. The molecule has 28 heavy (non-hydrogen) atoms. The van der Waals surface area contributed by atoms with Crippen LogP contribution in [0.4, 0.5) is 9.18 Å². The van der Waals surface area contributed by atoms with Gasteiger partial charge in [-0.05, 0) is 38.0 Å². The summed E-state index contributed by atoms with van der Waals surface area (Å²) in [4.78, 5) is 24.6. The van der Waals surface area contributed by atoms with E-state index in [1.54, 1.807) is 23.1 Å². The van der Waals surface area contributed by atoms with Gasteiger partial charge < -0.3 is 15.4 Å². The number of ether oxygens (including phenoxy) is 1. The van der Waals surface area contributed by atoms with Crippen LogP contribution >= 0.6 is 0 Å². The van der Waals surface area contributed by atoms with Gasteiger partial charge in [0.15, 0.2) is 0 Å². The summed E-state index contributed by atoms with van der Waals surface area (Å²) in [6, 6.07) is 16.1. The number of cyclic esters (lactones) is 1. The first-order valence-electron chi connectivity index (χ1n) is 9.39. The predicted octanol–water partition coefficient (Wildman–Crippen LogP) is 4.36. The van der Waals surface area contributed by atoms with E-state index in [4.69, 9.17) is 10.5 Å². The highest BCUT2D eigenvalue weighted by atomic mass is 19.1. The van der Waals surface area contributed by atoms with Crippen molar-refractivity contribution < 1.29 is 18.7 Å². The molecule has 2 atom stereocenters. The third kappa shape index (κ3) is 6.68. The Balaban J connectivity index is 0.000000336. The molecule has 0 saturated carbocycles. The molecule has 0 bridgehead atoms. The quantitative estimate of drug-likeness (QED) is 0.830. The zero-order chi connectivity index (χ0) is 20.5. The maximum atomic E-state index is 12.1. The SMILES string of the molecule is Cc1ccc(C(C)N2CCC(CCC(N)=O)OC2=O)cc1.Fc1ccccc1. The minimum absolute atomic E-state index is 0.0183. The molecular weight excluding hydrogens is 359 g/mol. The number of nitrogens with two attached hydrogens (primary N) is 1. The number of benzene rings is 2. The molecule has 150 valence electrons. The van der Waals surface area contributed by atoms with Gasteiger partial charge in [0.25, 0.3) is 0 Å². The molecule has 5 nitrogen and oxygen atoms in total. The van der Waals surface area contributed by atoms with Gasteiger partial charge in [-0.3, -0.25) is 4.79 Å². The fraction of sp³-hybridized carbons (Fsp3) is 0.364. The lowest BCUT2D eigenvalue weighted by atomic mass is 10.0. The van der Waals surface area contributed by atoms with Gasteiger partial charge in [0.05, 0.1) is 6.04 Å². The Kier molecular flexibility index (Phi) is 7.99. The van der Waals surface area contributed by atoms with Crippen LogP contribution in [0, 0.1) is 12.7 Å². The molecule has 2 unspecified atom stereocenters. The number of amides is 2. The molecule has 0 radical (unpaired) electrons. The minimum Gasteiger partial charge on any atom is -0.446 e. The van der Waals surface area contributed by atoms with E-state index < -0.39 is 0 Å². The number of carbonyl (C=O) groups is 2. The van der Waals surface area contributed by atoms with Crippen molar-refractivity contribution in [3.05, 3.63) is 71.5 Å². The van der Waals surface area contributed by atoms with Gasteiger partial charge in [-0.1, -0.05) is 48.0 Å². The van der Waals surface area contributed by atoms with Gasteiger partial charge in [0.1, 0.15) is 11.9 Å². The van der Waals surface area contributed by atoms with Gasteiger partial charge in [-0.2, -0.15) is 0 Å². The van der Waals surface area contributed by atoms with Crippen LogP contribution in [0.3, 0.4) is 0 Å². The normalized spacial score (nSPS) is 17.2. The van der Waals surface area contributed by atoms with Crippen molar-refractivity contribution >= 4 is 12.0 Å². The topological polar surface area (TPSA) is 72.6 Å². The Morgan fingerprint density at radius 1 is 1.21 bits per heavy atom. The molecule has 1 fully saturated rings. The Morgan fingerprint density at radius 2 is 1.86 bits per heavy atom. The highest BCUT2D eigenvalue weighted by Crippen LogP contribution is 2.26. The number of rotatable bonds is 5. The van der Waals surface area contributed by atoms with Crippen molar-refractivity contribution in [3.8, 4) is 0 Å². The monoisotopic (exact) mass is 386 g/mol. The summed E-state index contributed by atoms with van der Waals surface area (Å²) >= 11 is 0. The van der Waals surface area contributed by atoms with Crippen LogP contribution in [0.25, 0.3) is 0 Å². The van der Waals surface area contributed by atoms with E-state index in [-0.39, 0.29) is 36.4 Å². The molecule has 6 heteroatoms. The zero-order valence-electron chi connectivity index (χ0n) is 16.3. The molecule has 1 saturated heterocycles. The second-order valence-corrected chi connectivity index (χ2v) is 6.88. The average molecular weight is 386 g/mol. The van der Waals surface area contributed by atoms with Crippen LogP contribution < -0.4 is 5.73 Å². The number of hydrogen-bond acceptors (Lipinski definition) is 3. The lowest BCUT2D eigenvalue weighted by molar-refractivity contribution is -0.118. The summed E-state index contributed by atoms with van der Waals surface area (Å²) in [7, 11) is 0. The maximum absolute atomic E-state index is 12.1. The first-order valence-corrected chi connectivity index (χ1v) is 9.39. The second kappa shape index (κ2) is 10.4. The summed E-state index contributed by atoms with van der Waals surface area (Å²) < 4.78 is 17.3. The largest absolute Gasteiger partial charge is 0.446 e. The molecule has 3 rings (SSSR count). The standard InChI is InChI=1S/C16H22N2O3.C6H5F/c1-11-3-5-13(6-4-11)12(2)18-10-9-14(21-16(18)20)7-8-15(17)19;7-6-4-2-1-3-5-6/h3-6,12,14H,7-10H2,1-2H3,(H2,17,19);1-5H. The Labute approximate surface area is 165 Å². The maximum Gasteiger partial charge on any atom is 0.410 e. The highest BCUT2D eigenvalue weighted by Gasteiger charge is 2.30. The molecular formula is C22H27FN2O3. The van der Waals surface area contributed by atoms with E-state index in [0.717, 1.165) is 12.0 Å². The highest BCUT2D eigenvalue weighted by molar-refractivity contribution is 5.74. The Bertz CT molecular complexity index is 765. The third-order valence-corrected chi connectivity index (χ3v) is 4.67. The van der Waals surface area contributed by atoms with Crippen molar-refractivity contribution in [2.45, 2.75) is 45.3 Å². The third-order valence-electron chi connectivity index (χ3n) is 4.67. The summed E-state index contributed by atoms with van der Waals surface area (Å²) in [6.45, 7) is 4.67. The molecule has 2 amide bonds. The average Bonchev–Trinajstić information content (AvgIpc) is 2.68. The van der Waals surface area contributed by atoms with Gasteiger partial charge in [0.2, 0.25) is 5.91 Å². The molecule has 1 heterocycles. The molecule has 2 aromatic carbocycles. The van der Waals surface area contributed by atoms with Crippen LogP contribution in [0.1, 0.15) is 43.4 Å². The number of halogens is 1. The van der Waals surface area contributed by atoms with Crippen molar-refractivity contribution in [3.63, 3.8) is 0 Å². The van der Waals surface area contributed by atoms with E-state index in [1.165, 1.54) is 17.7 Å². The van der Waals surface area contributed by atoms with Crippen LogP contribution in [-0.4, -0.2) is 29.5 Å². The van der Waals surface area contributed by atoms with Crippen molar-refractivity contribution in [1.82, 2.24) is 4.90 Å². The van der Waals surface area contributed by atoms with Crippen LogP contribution in [0.2, 0.25) is 0 Å². The van der Waals surface area contributed by atoms with Crippen molar-refractivity contribution in [2.24, 2.45) is 5.73 Å². The van der Waals surface area contributed by atoms with E-state index in [1.807, 2.05) is 38.1 Å². The van der Waals surface area contributed by atoms with E-state index in [0.29, 0.717) is 13.0 Å². The summed E-state index contributed by atoms with van der Waals surface area (Å²) in [5.41, 5.74) is 7.40. The predicted molar refractivity (Wildman–Crippen MR) is 106 cm³/mol. The molecule has 2 N–H and O–H groups in total. The van der Waals surface area contributed by atoms with E-state index in [2.05, 4.69) is 0 Å². The second-order valence-electron chi connectivity index (χ2n) is 6.88. The number of nitrogens with zero attached hydrogens (tertiary/aromatic N) is 1. The number of aryl methyl sites for hydroxylation is 1. The minimum atomic E-state index is -0.360. The van der Waals surface area contributed by atoms with Gasteiger partial charge in [-0.15, -0.1) is 0 Å². The molecule has 0 spiro atoms. The molecule has 0 aromatic heterocycles. The summed E-state index contributed by atoms with van der Waals surface area (Å²) in [5, 5.41) is 0. The number of primary amides is 1. The van der Waals surface area contributed by atoms with Crippen molar-refractivity contribution in [1.29, 1.82) is 0 Å². The number of carbonyl (C=O) groups excluding carboxylic acids is 2. The van der Waals surface area contributed by atoms with E-state index in [9.17, 15) is 14.0 Å². The van der Waals surface area contributed by atoms with E-state index >= 15 is 0 Å². The molecule has 2 aromatic rings. The van der Waals surface area contributed by atoms with Gasteiger partial charge in [-0.25, -0.2) is 9.18 Å². The molecule has 0 aliphatic carbocycles. The van der Waals surface area contributed by atoms with Crippen LogP contribution in [0.15, 0.2) is 54.6 Å². The fourth-order valence-corrected chi connectivity index (χ4v) is 2.94. The molecule has 1 aliphatic rings. The zero-order valence-corrected chi connectivity index (χ0v) is 16.3. The van der Waals surface area contributed by atoms with Crippen LogP contribution in [0.5, 0.6) is 0 Å². The summed E-state index contributed by atoms with van der Waals surface area (Å²) in [6.07, 6.45) is 0.976. The Hall–Kier alpha value is -2.89. The van der Waals surface area contributed by atoms with Gasteiger partial charge in [0, 0.05) is 19.4 Å².